The van der Waals surface area contributed by atoms with Gasteiger partial charge in [0.05, 0.1) is 17.8 Å². The van der Waals surface area contributed by atoms with Crippen LogP contribution in [0.1, 0.15) is 16.1 Å². The van der Waals surface area contributed by atoms with Crippen LogP contribution in [0, 0.1) is 0 Å². The van der Waals surface area contributed by atoms with Crippen molar-refractivity contribution in [2.45, 2.75) is 6.54 Å². The van der Waals surface area contributed by atoms with Gasteiger partial charge in [0.25, 0.3) is 5.91 Å². The molecule has 3 aromatic rings. The molecule has 0 unspecified atom stereocenters. The Kier molecular flexibility index (Phi) is 3.31. The molecule has 114 valence electrons. The maximum atomic E-state index is 12.2. The number of carbonyl (C=O) groups is 1. The predicted molar refractivity (Wildman–Crippen MR) is 85.5 cm³/mol. The van der Waals surface area contributed by atoms with Crippen molar-refractivity contribution < 1.29 is 14.3 Å². The van der Waals surface area contributed by atoms with Crippen LogP contribution in [0.25, 0.3) is 10.9 Å². The number of nitrogens with zero attached hydrogens (tertiary/aromatic N) is 1. The van der Waals surface area contributed by atoms with Crippen molar-refractivity contribution >= 4 is 16.8 Å². The molecule has 0 spiro atoms. The summed E-state index contributed by atoms with van der Waals surface area (Å²) in [5, 5.41) is 3.96. The van der Waals surface area contributed by atoms with Crippen LogP contribution >= 0.6 is 0 Å². The average Bonchev–Trinajstić information content (AvgIpc) is 3.07. The Hall–Kier alpha value is -3.08. The van der Waals surface area contributed by atoms with E-state index in [4.69, 9.17) is 9.47 Å². The third-order valence-electron chi connectivity index (χ3n) is 3.72. The summed E-state index contributed by atoms with van der Waals surface area (Å²) in [5.41, 5.74) is 2.27. The fourth-order valence-electron chi connectivity index (χ4n) is 2.52. The first-order chi connectivity index (χ1) is 11.3. The molecule has 1 aromatic heterocycles. The van der Waals surface area contributed by atoms with E-state index in [-0.39, 0.29) is 12.7 Å². The van der Waals surface area contributed by atoms with Crippen molar-refractivity contribution in [3.63, 3.8) is 0 Å². The van der Waals surface area contributed by atoms with Crippen LogP contribution in [0.2, 0.25) is 0 Å². The number of amides is 1. The summed E-state index contributed by atoms with van der Waals surface area (Å²) in [6.07, 6.45) is 0. The molecule has 0 saturated heterocycles. The van der Waals surface area contributed by atoms with E-state index >= 15 is 0 Å². The van der Waals surface area contributed by atoms with E-state index in [1.807, 2.05) is 36.4 Å². The molecule has 1 aliphatic heterocycles. The largest absolute Gasteiger partial charge is 0.454 e. The lowest BCUT2D eigenvalue weighted by Gasteiger charge is -2.06. The van der Waals surface area contributed by atoms with E-state index in [2.05, 4.69) is 10.3 Å². The van der Waals surface area contributed by atoms with Gasteiger partial charge in [-0.05, 0) is 30.3 Å². The summed E-state index contributed by atoms with van der Waals surface area (Å²) in [6.45, 7) is 0.569. The molecular formula is C18H14N2O3. The van der Waals surface area contributed by atoms with Gasteiger partial charge >= 0.3 is 0 Å². The van der Waals surface area contributed by atoms with Crippen molar-refractivity contribution in [1.82, 2.24) is 10.3 Å². The molecule has 0 saturated carbocycles. The molecule has 5 heteroatoms. The van der Waals surface area contributed by atoms with Gasteiger partial charge in [-0.15, -0.1) is 0 Å². The Morgan fingerprint density at radius 3 is 2.87 bits per heavy atom. The summed E-state index contributed by atoms with van der Waals surface area (Å²) >= 11 is 0. The Labute approximate surface area is 132 Å². The normalized spacial score (nSPS) is 12.3. The van der Waals surface area contributed by atoms with Crippen molar-refractivity contribution in [1.29, 1.82) is 0 Å². The van der Waals surface area contributed by atoms with Crippen molar-refractivity contribution in [2.75, 3.05) is 6.79 Å². The van der Waals surface area contributed by atoms with E-state index in [1.165, 1.54) is 0 Å². The molecule has 1 amide bonds. The molecule has 0 bridgehead atoms. The number of hydrogen-bond donors (Lipinski definition) is 1. The summed E-state index contributed by atoms with van der Waals surface area (Å²) < 4.78 is 10.5. The first-order valence-corrected chi connectivity index (χ1v) is 7.32. The first kappa shape index (κ1) is 13.6. The number of carbonyl (C=O) groups excluding carboxylic acids is 1. The Balaban J connectivity index is 1.48. The summed E-state index contributed by atoms with van der Waals surface area (Å²) in [7, 11) is 0. The molecule has 0 radical (unpaired) electrons. The standard InChI is InChI=1S/C18H14N2O3/c21-18(13-6-8-16-17(9-13)23-11-22-16)19-10-14-7-5-12-3-1-2-4-15(12)20-14/h1-9H,10-11H2,(H,19,21). The van der Waals surface area contributed by atoms with Crippen molar-refractivity contribution in [2.24, 2.45) is 0 Å². The molecule has 2 heterocycles. The van der Waals surface area contributed by atoms with Gasteiger partial charge in [-0.2, -0.15) is 0 Å². The molecule has 1 N–H and O–H groups in total. The number of pyridine rings is 1. The highest BCUT2D eigenvalue weighted by atomic mass is 16.7. The van der Waals surface area contributed by atoms with Crippen LogP contribution in [0.3, 0.4) is 0 Å². The van der Waals surface area contributed by atoms with Crippen LogP contribution in [-0.2, 0) is 6.54 Å². The van der Waals surface area contributed by atoms with E-state index in [0.29, 0.717) is 23.6 Å². The van der Waals surface area contributed by atoms with Gasteiger partial charge in [0, 0.05) is 10.9 Å². The SMILES string of the molecule is O=C(NCc1ccc2ccccc2n1)c1ccc2c(c1)OCO2. The second-order valence-electron chi connectivity index (χ2n) is 5.25. The van der Waals surface area contributed by atoms with Crippen molar-refractivity contribution in [3.8, 4) is 11.5 Å². The molecule has 0 atom stereocenters. The van der Waals surface area contributed by atoms with Gasteiger partial charge in [0.2, 0.25) is 6.79 Å². The lowest BCUT2D eigenvalue weighted by molar-refractivity contribution is 0.0950. The Morgan fingerprint density at radius 1 is 1.04 bits per heavy atom. The molecule has 0 aliphatic carbocycles. The number of benzene rings is 2. The van der Waals surface area contributed by atoms with Crippen LogP contribution in [-0.4, -0.2) is 17.7 Å². The fourth-order valence-corrected chi connectivity index (χ4v) is 2.52. The van der Waals surface area contributed by atoms with Crippen molar-refractivity contribution in [3.05, 3.63) is 65.9 Å². The highest BCUT2D eigenvalue weighted by Crippen LogP contribution is 2.32. The zero-order chi connectivity index (χ0) is 15.6. The van der Waals surface area contributed by atoms with Gasteiger partial charge in [0.1, 0.15) is 0 Å². The zero-order valence-corrected chi connectivity index (χ0v) is 12.3. The second kappa shape index (κ2) is 5.61. The number of aromatic nitrogens is 1. The number of ether oxygens (including phenoxy) is 2. The second-order valence-corrected chi connectivity index (χ2v) is 5.25. The molecule has 1 aliphatic rings. The fraction of sp³-hybridized carbons (Fsp3) is 0.111. The van der Waals surface area contributed by atoms with E-state index < -0.39 is 0 Å². The molecule has 5 nitrogen and oxygen atoms in total. The predicted octanol–water partition coefficient (Wildman–Crippen LogP) is 2.89. The minimum atomic E-state index is -0.168. The zero-order valence-electron chi connectivity index (χ0n) is 12.3. The number of para-hydroxylation sites is 1. The van der Waals surface area contributed by atoms with Gasteiger partial charge in [-0.25, -0.2) is 0 Å². The maximum absolute atomic E-state index is 12.2. The average molecular weight is 306 g/mol. The Morgan fingerprint density at radius 2 is 1.91 bits per heavy atom. The monoisotopic (exact) mass is 306 g/mol. The lowest BCUT2D eigenvalue weighted by Crippen LogP contribution is -2.23. The minimum Gasteiger partial charge on any atom is -0.454 e. The number of rotatable bonds is 3. The van der Waals surface area contributed by atoms with Gasteiger partial charge in [0.15, 0.2) is 11.5 Å². The van der Waals surface area contributed by atoms with E-state index in [0.717, 1.165) is 16.6 Å². The third kappa shape index (κ3) is 2.68. The number of hydrogen-bond acceptors (Lipinski definition) is 4. The topological polar surface area (TPSA) is 60.5 Å². The van der Waals surface area contributed by atoms with E-state index in [9.17, 15) is 4.79 Å². The van der Waals surface area contributed by atoms with Crippen LogP contribution in [0.4, 0.5) is 0 Å². The Bertz CT molecular complexity index is 892. The molecule has 0 fully saturated rings. The summed E-state index contributed by atoms with van der Waals surface area (Å²) in [6, 6.07) is 17.0. The van der Waals surface area contributed by atoms with Crippen LogP contribution < -0.4 is 14.8 Å². The molecule has 2 aromatic carbocycles. The van der Waals surface area contributed by atoms with Gasteiger partial charge < -0.3 is 14.8 Å². The number of nitrogens with one attached hydrogen (secondary N) is 1. The van der Waals surface area contributed by atoms with Gasteiger partial charge in [-0.3, -0.25) is 9.78 Å². The lowest BCUT2D eigenvalue weighted by atomic mass is 10.2. The molecular weight excluding hydrogens is 292 g/mol. The first-order valence-electron chi connectivity index (χ1n) is 7.32. The van der Waals surface area contributed by atoms with E-state index in [1.54, 1.807) is 18.2 Å². The minimum absolute atomic E-state index is 0.168. The van der Waals surface area contributed by atoms with Crippen LogP contribution in [0.5, 0.6) is 11.5 Å². The summed E-state index contributed by atoms with van der Waals surface area (Å²) in [5.74, 6) is 1.09. The highest BCUT2D eigenvalue weighted by molar-refractivity contribution is 5.94. The van der Waals surface area contributed by atoms with Crippen LogP contribution in [0.15, 0.2) is 54.6 Å². The maximum Gasteiger partial charge on any atom is 0.251 e. The van der Waals surface area contributed by atoms with Gasteiger partial charge in [-0.1, -0.05) is 24.3 Å². The quantitative estimate of drug-likeness (QED) is 0.808. The third-order valence-corrected chi connectivity index (χ3v) is 3.72. The molecule has 4 rings (SSSR count). The molecule has 23 heavy (non-hydrogen) atoms. The number of fused-ring (bicyclic) bond motifs is 2. The smallest absolute Gasteiger partial charge is 0.251 e. The highest BCUT2D eigenvalue weighted by Gasteiger charge is 2.16. The summed E-state index contributed by atoms with van der Waals surface area (Å²) in [4.78, 5) is 16.8.